The lowest BCUT2D eigenvalue weighted by atomic mass is 10.1. The molecule has 0 aliphatic carbocycles. The van der Waals surface area contributed by atoms with Crippen LogP contribution in [0.25, 0.3) is 0 Å². The fraction of sp³-hybridized carbons (Fsp3) is 0.556. The number of nitrogens with zero attached hydrogens (tertiary/aromatic N) is 2. The lowest BCUT2D eigenvalue weighted by Crippen LogP contribution is -2.34. The Labute approximate surface area is 82.0 Å². The zero-order valence-corrected chi connectivity index (χ0v) is 7.99. The van der Waals surface area contributed by atoms with Gasteiger partial charge in [-0.05, 0) is 19.3 Å². The molecule has 1 fully saturated rings. The summed E-state index contributed by atoms with van der Waals surface area (Å²) in [6, 6.07) is 0. The Morgan fingerprint density at radius 1 is 1.36 bits per heavy atom. The van der Waals surface area contributed by atoms with Gasteiger partial charge in [0, 0.05) is 13.1 Å². The Hall–Kier alpha value is -1.52. The highest BCUT2D eigenvalue weighted by molar-refractivity contribution is 5.61. The molecule has 5 heteroatoms. The first-order valence-electron chi connectivity index (χ1n) is 4.87. The van der Waals surface area contributed by atoms with Crippen molar-refractivity contribution in [3.8, 4) is 0 Å². The second kappa shape index (κ2) is 3.69. The molecule has 2 heterocycles. The number of hydrogen-bond donors (Lipinski definition) is 2. The average Bonchev–Trinajstić information content (AvgIpc) is 2.19. The molecule has 0 saturated carbocycles. The lowest BCUT2D eigenvalue weighted by Gasteiger charge is -2.28. The van der Waals surface area contributed by atoms with Gasteiger partial charge in [-0.15, -0.1) is 0 Å². The van der Waals surface area contributed by atoms with Gasteiger partial charge in [-0.3, -0.25) is 4.79 Å². The van der Waals surface area contributed by atoms with Gasteiger partial charge in [-0.1, -0.05) is 0 Å². The van der Waals surface area contributed by atoms with Gasteiger partial charge in [-0.25, -0.2) is 4.98 Å². The van der Waals surface area contributed by atoms with Crippen LogP contribution in [-0.4, -0.2) is 23.1 Å². The normalized spacial score (nSPS) is 17.0. The van der Waals surface area contributed by atoms with E-state index < -0.39 is 0 Å². The SMILES string of the molecule is Nc1nc[nH]c(=O)c1N1CCCCC1. The molecule has 0 atom stereocenters. The molecule has 0 bridgehead atoms. The number of nitrogens with two attached hydrogens (primary N) is 1. The van der Waals surface area contributed by atoms with Crippen molar-refractivity contribution in [1.29, 1.82) is 0 Å². The molecular formula is C9H14N4O. The van der Waals surface area contributed by atoms with E-state index in [0.717, 1.165) is 25.9 Å². The number of anilines is 2. The molecule has 5 nitrogen and oxygen atoms in total. The smallest absolute Gasteiger partial charge is 0.276 e. The van der Waals surface area contributed by atoms with Crippen molar-refractivity contribution in [2.75, 3.05) is 23.7 Å². The molecule has 0 spiro atoms. The molecule has 1 aliphatic rings. The maximum atomic E-state index is 11.5. The van der Waals surface area contributed by atoms with Crippen molar-refractivity contribution in [1.82, 2.24) is 9.97 Å². The maximum Gasteiger partial charge on any atom is 0.276 e. The third kappa shape index (κ3) is 1.57. The van der Waals surface area contributed by atoms with Gasteiger partial charge >= 0.3 is 0 Å². The van der Waals surface area contributed by atoms with Crippen molar-refractivity contribution >= 4 is 11.5 Å². The average molecular weight is 194 g/mol. The molecule has 1 aliphatic heterocycles. The first-order chi connectivity index (χ1) is 6.79. The number of nitrogens with one attached hydrogen (secondary N) is 1. The summed E-state index contributed by atoms with van der Waals surface area (Å²) in [7, 11) is 0. The van der Waals surface area contributed by atoms with E-state index in [1.54, 1.807) is 0 Å². The van der Waals surface area contributed by atoms with Crippen LogP contribution in [0.3, 0.4) is 0 Å². The Balaban J connectivity index is 2.34. The fourth-order valence-electron chi connectivity index (χ4n) is 1.83. The van der Waals surface area contributed by atoms with E-state index in [1.165, 1.54) is 12.7 Å². The summed E-state index contributed by atoms with van der Waals surface area (Å²) >= 11 is 0. The number of H-pyrrole nitrogens is 1. The molecular weight excluding hydrogens is 180 g/mol. The van der Waals surface area contributed by atoms with Crippen LogP contribution in [0, 0.1) is 0 Å². The predicted molar refractivity (Wildman–Crippen MR) is 55.3 cm³/mol. The molecule has 0 unspecified atom stereocenters. The van der Waals surface area contributed by atoms with Crippen molar-refractivity contribution in [2.45, 2.75) is 19.3 Å². The summed E-state index contributed by atoms with van der Waals surface area (Å²) < 4.78 is 0. The van der Waals surface area contributed by atoms with Crippen LogP contribution in [-0.2, 0) is 0 Å². The van der Waals surface area contributed by atoms with Gasteiger partial charge in [-0.2, -0.15) is 0 Å². The summed E-state index contributed by atoms with van der Waals surface area (Å²) in [5, 5.41) is 0. The highest BCUT2D eigenvalue weighted by Crippen LogP contribution is 2.19. The predicted octanol–water partition coefficient (Wildman–Crippen LogP) is 0.342. The third-order valence-electron chi connectivity index (χ3n) is 2.53. The number of aromatic nitrogens is 2. The minimum Gasteiger partial charge on any atom is -0.382 e. The minimum absolute atomic E-state index is 0.139. The van der Waals surface area contributed by atoms with Gasteiger partial charge in [0.05, 0.1) is 6.33 Å². The van der Waals surface area contributed by atoms with E-state index in [4.69, 9.17) is 5.73 Å². The van der Waals surface area contributed by atoms with Crippen LogP contribution in [0.15, 0.2) is 11.1 Å². The first kappa shape index (κ1) is 9.05. The number of nitrogen functional groups attached to an aromatic ring is 1. The molecule has 14 heavy (non-hydrogen) atoms. The number of aromatic amines is 1. The van der Waals surface area contributed by atoms with Gasteiger partial charge in [0.25, 0.3) is 5.56 Å². The second-order valence-electron chi connectivity index (χ2n) is 3.51. The first-order valence-corrected chi connectivity index (χ1v) is 4.87. The van der Waals surface area contributed by atoms with E-state index in [-0.39, 0.29) is 5.56 Å². The molecule has 1 aromatic heterocycles. The van der Waals surface area contributed by atoms with Crippen molar-refractivity contribution < 1.29 is 0 Å². The van der Waals surface area contributed by atoms with Gasteiger partial charge in [0.1, 0.15) is 5.69 Å². The summed E-state index contributed by atoms with van der Waals surface area (Å²) in [6.45, 7) is 1.80. The Bertz CT molecular complexity index is 367. The van der Waals surface area contributed by atoms with Crippen molar-refractivity contribution in [3.63, 3.8) is 0 Å². The third-order valence-corrected chi connectivity index (χ3v) is 2.53. The second-order valence-corrected chi connectivity index (χ2v) is 3.51. The topological polar surface area (TPSA) is 75.0 Å². The largest absolute Gasteiger partial charge is 0.382 e. The maximum absolute atomic E-state index is 11.5. The van der Waals surface area contributed by atoms with Crippen molar-refractivity contribution in [3.05, 3.63) is 16.7 Å². The van der Waals surface area contributed by atoms with E-state index in [0.29, 0.717) is 11.5 Å². The highest BCUT2D eigenvalue weighted by atomic mass is 16.1. The number of hydrogen-bond acceptors (Lipinski definition) is 4. The Morgan fingerprint density at radius 3 is 2.71 bits per heavy atom. The lowest BCUT2D eigenvalue weighted by molar-refractivity contribution is 0.576. The van der Waals surface area contributed by atoms with Gasteiger partial charge in [0.2, 0.25) is 0 Å². The Morgan fingerprint density at radius 2 is 2.07 bits per heavy atom. The minimum atomic E-state index is -0.139. The molecule has 3 N–H and O–H groups in total. The van der Waals surface area contributed by atoms with Crippen LogP contribution in [0.5, 0.6) is 0 Å². The van der Waals surface area contributed by atoms with E-state index in [9.17, 15) is 4.79 Å². The molecule has 0 radical (unpaired) electrons. The zero-order valence-electron chi connectivity index (χ0n) is 7.99. The number of rotatable bonds is 1. The summed E-state index contributed by atoms with van der Waals surface area (Å²) in [5.74, 6) is 0.329. The van der Waals surface area contributed by atoms with E-state index in [1.807, 2.05) is 4.90 Å². The van der Waals surface area contributed by atoms with Gasteiger partial charge in [0.15, 0.2) is 5.82 Å². The summed E-state index contributed by atoms with van der Waals surface area (Å²) in [6.07, 6.45) is 4.81. The standard InChI is InChI=1S/C9H14N4O/c10-8-7(9(14)12-6-11-8)13-4-2-1-3-5-13/h6H,1-5H2,(H3,10,11,12,14). The summed E-state index contributed by atoms with van der Waals surface area (Å²) in [4.78, 5) is 20.0. The fourth-order valence-corrected chi connectivity index (χ4v) is 1.83. The Kier molecular flexibility index (Phi) is 2.39. The van der Waals surface area contributed by atoms with E-state index in [2.05, 4.69) is 9.97 Å². The van der Waals surface area contributed by atoms with Gasteiger partial charge < -0.3 is 15.6 Å². The van der Waals surface area contributed by atoms with Crippen LogP contribution in [0.1, 0.15) is 19.3 Å². The highest BCUT2D eigenvalue weighted by Gasteiger charge is 2.16. The van der Waals surface area contributed by atoms with Crippen LogP contribution >= 0.6 is 0 Å². The molecule has 0 aromatic carbocycles. The number of piperidine rings is 1. The van der Waals surface area contributed by atoms with Crippen molar-refractivity contribution in [2.24, 2.45) is 0 Å². The zero-order chi connectivity index (χ0) is 9.97. The van der Waals surface area contributed by atoms with E-state index >= 15 is 0 Å². The van der Waals surface area contributed by atoms with Crippen LogP contribution < -0.4 is 16.2 Å². The van der Waals surface area contributed by atoms with Crippen LogP contribution in [0.4, 0.5) is 11.5 Å². The molecule has 1 aromatic rings. The monoisotopic (exact) mass is 194 g/mol. The van der Waals surface area contributed by atoms with Crippen LogP contribution in [0.2, 0.25) is 0 Å². The quantitative estimate of drug-likeness (QED) is 0.676. The molecule has 76 valence electrons. The molecule has 1 saturated heterocycles. The molecule has 2 rings (SSSR count). The summed E-state index contributed by atoms with van der Waals surface area (Å²) in [5.41, 5.74) is 6.07. The molecule has 0 amide bonds.